The molecular formula is C17H27NO3. The molecule has 0 radical (unpaired) electrons. The molecule has 1 N–H and O–H groups in total. The number of β-amino-alcohol motifs (C(OH)–C–C–N with tert-alkyl or cyclic N) is 1. The number of piperidine rings is 1. The third-order valence-corrected chi connectivity index (χ3v) is 4.28. The van der Waals surface area contributed by atoms with Crippen molar-refractivity contribution in [1.82, 2.24) is 4.90 Å². The van der Waals surface area contributed by atoms with E-state index in [2.05, 4.69) is 18.7 Å². The van der Waals surface area contributed by atoms with Crippen molar-refractivity contribution >= 4 is 0 Å². The highest BCUT2D eigenvalue weighted by Crippen LogP contribution is 2.23. The molecule has 0 unspecified atom stereocenters. The minimum Gasteiger partial charge on any atom is -0.497 e. The maximum atomic E-state index is 10.2. The van der Waals surface area contributed by atoms with Crippen LogP contribution in [0.1, 0.15) is 33.1 Å². The first-order chi connectivity index (χ1) is 10.1. The first-order valence-electron chi connectivity index (χ1n) is 7.81. The molecule has 0 amide bonds. The van der Waals surface area contributed by atoms with Crippen LogP contribution in [0.5, 0.6) is 11.5 Å². The number of methoxy groups -OCH3 is 1. The maximum Gasteiger partial charge on any atom is 0.123 e. The molecule has 1 aromatic carbocycles. The van der Waals surface area contributed by atoms with E-state index in [4.69, 9.17) is 9.47 Å². The highest BCUT2D eigenvalue weighted by Gasteiger charge is 2.26. The Morgan fingerprint density at radius 2 is 1.90 bits per heavy atom. The largest absolute Gasteiger partial charge is 0.497 e. The highest BCUT2D eigenvalue weighted by molar-refractivity contribution is 5.32. The van der Waals surface area contributed by atoms with Gasteiger partial charge in [0, 0.05) is 24.7 Å². The maximum absolute atomic E-state index is 10.2. The molecule has 1 fully saturated rings. The lowest BCUT2D eigenvalue weighted by Crippen LogP contribution is -2.48. The summed E-state index contributed by atoms with van der Waals surface area (Å²) in [6.07, 6.45) is 3.25. The molecule has 1 aliphatic heterocycles. The quantitative estimate of drug-likeness (QED) is 0.875. The molecule has 0 saturated carbocycles. The minimum absolute atomic E-state index is 0.309. The van der Waals surface area contributed by atoms with Crippen LogP contribution >= 0.6 is 0 Å². The normalized spacial score (nSPS) is 24.6. The van der Waals surface area contributed by atoms with E-state index in [1.807, 2.05) is 24.3 Å². The average Bonchev–Trinajstić information content (AvgIpc) is 2.49. The van der Waals surface area contributed by atoms with Gasteiger partial charge in [0.05, 0.1) is 7.11 Å². The average molecular weight is 293 g/mol. The van der Waals surface area contributed by atoms with E-state index < -0.39 is 6.10 Å². The molecule has 1 heterocycles. The zero-order chi connectivity index (χ0) is 15.2. The lowest BCUT2D eigenvalue weighted by molar-refractivity contribution is 0.0208. The standard InChI is InChI=1S/C17H27NO3/c1-13-6-4-7-14(2)18(13)11-15(19)12-21-17-9-5-8-16(10-17)20-3/h5,8-10,13-15,19H,4,6-7,11-12H2,1-3H3/t13-,14-,15-/m1/s1. The van der Waals surface area contributed by atoms with Gasteiger partial charge in [-0.1, -0.05) is 12.5 Å². The number of benzene rings is 1. The molecule has 118 valence electrons. The van der Waals surface area contributed by atoms with Crippen LogP contribution in [0.15, 0.2) is 24.3 Å². The van der Waals surface area contributed by atoms with Crippen LogP contribution in [0, 0.1) is 0 Å². The Labute approximate surface area is 127 Å². The van der Waals surface area contributed by atoms with Crippen molar-refractivity contribution < 1.29 is 14.6 Å². The SMILES string of the molecule is COc1cccc(OC[C@H](O)CN2[C@H](C)CCC[C@H]2C)c1. The van der Waals surface area contributed by atoms with Gasteiger partial charge in [0.1, 0.15) is 24.2 Å². The Balaban J connectivity index is 1.82. The van der Waals surface area contributed by atoms with Gasteiger partial charge in [-0.25, -0.2) is 0 Å². The molecule has 21 heavy (non-hydrogen) atoms. The van der Waals surface area contributed by atoms with E-state index in [0.29, 0.717) is 25.2 Å². The van der Waals surface area contributed by atoms with Crippen LogP contribution in [-0.4, -0.2) is 48.5 Å². The van der Waals surface area contributed by atoms with Gasteiger partial charge in [0.2, 0.25) is 0 Å². The highest BCUT2D eigenvalue weighted by atomic mass is 16.5. The lowest BCUT2D eigenvalue weighted by atomic mass is 9.97. The zero-order valence-electron chi connectivity index (χ0n) is 13.3. The fraction of sp³-hybridized carbons (Fsp3) is 0.647. The summed E-state index contributed by atoms with van der Waals surface area (Å²) in [6.45, 7) is 5.46. The van der Waals surface area contributed by atoms with Crippen molar-refractivity contribution in [2.24, 2.45) is 0 Å². The third-order valence-electron chi connectivity index (χ3n) is 4.28. The summed E-state index contributed by atoms with van der Waals surface area (Å²) in [7, 11) is 1.63. The second-order valence-corrected chi connectivity index (χ2v) is 5.97. The van der Waals surface area contributed by atoms with E-state index in [1.54, 1.807) is 7.11 Å². The molecule has 0 aromatic heterocycles. The van der Waals surface area contributed by atoms with Gasteiger partial charge in [-0.05, 0) is 38.8 Å². The second-order valence-electron chi connectivity index (χ2n) is 5.97. The Hall–Kier alpha value is -1.26. The molecule has 1 aromatic rings. The van der Waals surface area contributed by atoms with E-state index in [1.165, 1.54) is 19.3 Å². The summed E-state index contributed by atoms with van der Waals surface area (Å²) in [5.41, 5.74) is 0. The van der Waals surface area contributed by atoms with Gasteiger partial charge in [-0.2, -0.15) is 0 Å². The van der Waals surface area contributed by atoms with Crippen molar-refractivity contribution in [2.45, 2.75) is 51.3 Å². The Bertz CT molecular complexity index is 428. The van der Waals surface area contributed by atoms with Crippen molar-refractivity contribution in [2.75, 3.05) is 20.3 Å². The number of hydrogen-bond acceptors (Lipinski definition) is 4. The number of nitrogens with zero attached hydrogens (tertiary/aromatic N) is 1. The molecule has 2 rings (SSSR count). The summed E-state index contributed by atoms with van der Waals surface area (Å²) in [4.78, 5) is 2.39. The molecule has 0 aliphatic carbocycles. The number of likely N-dealkylation sites (tertiary alicyclic amines) is 1. The van der Waals surface area contributed by atoms with Crippen molar-refractivity contribution in [3.05, 3.63) is 24.3 Å². The van der Waals surface area contributed by atoms with Crippen LogP contribution < -0.4 is 9.47 Å². The summed E-state index contributed by atoms with van der Waals surface area (Å²) in [5, 5.41) is 10.2. The number of rotatable bonds is 6. The van der Waals surface area contributed by atoms with Crippen LogP contribution in [0.2, 0.25) is 0 Å². The Kier molecular flexibility index (Phi) is 5.88. The lowest BCUT2D eigenvalue weighted by Gasteiger charge is -2.40. The molecular weight excluding hydrogens is 266 g/mol. The predicted octanol–water partition coefficient (Wildman–Crippen LogP) is 2.70. The first-order valence-corrected chi connectivity index (χ1v) is 7.81. The van der Waals surface area contributed by atoms with Crippen molar-refractivity contribution in [3.63, 3.8) is 0 Å². The molecule has 1 saturated heterocycles. The van der Waals surface area contributed by atoms with Gasteiger partial charge in [-0.15, -0.1) is 0 Å². The number of hydrogen-bond donors (Lipinski definition) is 1. The van der Waals surface area contributed by atoms with Crippen molar-refractivity contribution in [3.8, 4) is 11.5 Å². The molecule has 4 nitrogen and oxygen atoms in total. The summed E-state index contributed by atoms with van der Waals surface area (Å²) < 4.78 is 10.8. The molecule has 0 spiro atoms. The van der Waals surface area contributed by atoms with E-state index in [9.17, 15) is 5.11 Å². The molecule has 3 atom stereocenters. The number of aliphatic hydroxyl groups is 1. The van der Waals surface area contributed by atoms with E-state index in [-0.39, 0.29) is 0 Å². The van der Waals surface area contributed by atoms with Gasteiger partial charge in [0.15, 0.2) is 0 Å². The number of ether oxygens (including phenoxy) is 2. The summed E-state index contributed by atoms with van der Waals surface area (Å²) in [5.74, 6) is 1.49. The smallest absolute Gasteiger partial charge is 0.123 e. The predicted molar refractivity (Wildman–Crippen MR) is 84.0 cm³/mol. The number of aliphatic hydroxyl groups excluding tert-OH is 1. The third kappa shape index (κ3) is 4.61. The molecule has 4 heteroatoms. The molecule has 1 aliphatic rings. The topological polar surface area (TPSA) is 41.9 Å². The van der Waals surface area contributed by atoms with Crippen LogP contribution in [0.25, 0.3) is 0 Å². The Morgan fingerprint density at radius 1 is 1.24 bits per heavy atom. The van der Waals surface area contributed by atoms with Gasteiger partial charge >= 0.3 is 0 Å². The summed E-state index contributed by atoms with van der Waals surface area (Å²) in [6, 6.07) is 8.55. The fourth-order valence-electron chi connectivity index (χ4n) is 3.01. The Morgan fingerprint density at radius 3 is 2.57 bits per heavy atom. The van der Waals surface area contributed by atoms with Crippen LogP contribution in [0.3, 0.4) is 0 Å². The fourth-order valence-corrected chi connectivity index (χ4v) is 3.01. The minimum atomic E-state index is -0.473. The van der Waals surface area contributed by atoms with E-state index >= 15 is 0 Å². The van der Waals surface area contributed by atoms with Crippen LogP contribution in [-0.2, 0) is 0 Å². The van der Waals surface area contributed by atoms with Crippen molar-refractivity contribution in [1.29, 1.82) is 0 Å². The van der Waals surface area contributed by atoms with Gasteiger partial charge in [-0.3, -0.25) is 4.90 Å². The van der Waals surface area contributed by atoms with Gasteiger partial charge in [0.25, 0.3) is 0 Å². The van der Waals surface area contributed by atoms with E-state index in [0.717, 1.165) is 11.5 Å². The van der Waals surface area contributed by atoms with Crippen LogP contribution in [0.4, 0.5) is 0 Å². The zero-order valence-corrected chi connectivity index (χ0v) is 13.3. The first kappa shape index (κ1) is 16.1. The van der Waals surface area contributed by atoms with Gasteiger partial charge < -0.3 is 14.6 Å². The monoisotopic (exact) mass is 293 g/mol. The second kappa shape index (κ2) is 7.66. The molecule has 0 bridgehead atoms. The summed E-state index contributed by atoms with van der Waals surface area (Å²) >= 11 is 0.